The van der Waals surface area contributed by atoms with Gasteiger partial charge in [-0.05, 0) is 25.1 Å². The van der Waals surface area contributed by atoms with E-state index in [9.17, 15) is 13.2 Å². The molecule has 0 saturated carbocycles. The standard InChI is InChI=1S/C14H14F3N3O2/c1-2-21-13-10(4-3-7-18-13)8-19-12-6-5-11(9-20-12)22-14(15,16)17/h3-7,9H,2,8H2,1H3,(H,19,20). The summed E-state index contributed by atoms with van der Waals surface area (Å²) < 4.78 is 45.3. The third kappa shape index (κ3) is 4.80. The van der Waals surface area contributed by atoms with Gasteiger partial charge in [0.05, 0.1) is 12.8 Å². The van der Waals surface area contributed by atoms with Gasteiger partial charge in [0.25, 0.3) is 0 Å². The van der Waals surface area contributed by atoms with Crippen molar-refractivity contribution in [2.24, 2.45) is 0 Å². The van der Waals surface area contributed by atoms with Crippen LogP contribution in [0.25, 0.3) is 0 Å². The van der Waals surface area contributed by atoms with E-state index >= 15 is 0 Å². The van der Waals surface area contributed by atoms with Gasteiger partial charge in [0.1, 0.15) is 11.6 Å². The van der Waals surface area contributed by atoms with Crippen molar-refractivity contribution in [1.82, 2.24) is 9.97 Å². The second-order valence-electron chi connectivity index (χ2n) is 4.18. The Morgan fingerprint density at radius 2 is 2.00 bits per heavy atom. The summed E-state index contributed by atoms with van der Waals surface area (Å²) in [4.78, 5) is 7.96. The number of halogens is 3. The largest absolute Gasteiger partial charge is 0.573 e. The zero-order chi connectivity index (χ0) is 16.0. The summed E-state index contributed by atoms with van der Waals surface area (Å²) in [6.45, 7) is 2.73. The van der Waals surface area contributed by atoms with Gasteiger partial charge in [-0.15, -0.1) is 13.2 Å². The molecule has 0 bridgehead atoms. The smallest absolute Gasteiger partial charge is 0.478 e. The van der Waals surface area contributed by atoms with Gasteiger partial charge in [0.2, 0.25) is 5.88 Å². The molecule has 0 spiro atoms. The molecule has 22 heavy (non-hydrogen) atoms. The van der Waals surface area contributed by atoms with Gasteiger partial charge < -0.3 is 14.8 Å². The van der Waals surface area contributed by atoms with E-state index in [-0.39, 0.29) is 5.75 Å². The zero-order valence-electron chi connectivity index (χ0n) is 11.7. The number of anilines is 1. The minimum atomic E-state index is -4.72. The van der Waals surface area contributed by atoms with Crippen molar-refractivity contribution in [3.63, 3.8) is 0 Å². The molecule has 0 amide bonds. The molecule has 2 heterocycles. The lowest BCUT2D eigenvalue weighted by Crippen LogP contribution is -2.17. The van der Waals surface area contributed by atoms with E-state index in [1.807, 2.05) is 13.0 Å². The molecular weight excluding hydrogens is 299 g/mol. The van der Waals surface area contributed by atoms with E-state index in [1.165, 1.54) is 12.1 Å². The maximum absolute atomic E-state index is 12.0. The van der Waals surface area contributed by atoms with E-state index in [1.54, 1.807) is 12.3 Å². The van der Waals surface area contributed by atoms with Gasteiger partial charge in [-0.1, -0.05) is 6.07 Å². The first kappa shape index (κ1) is 15.9. The molecule has 0 atom stereocenters. The summed E-state index contributed by atoms with van der Waals surface area (Å²) in [6.07, 6.45) is -2.10. The third-order valence-corrected chi connectivity index (χ3v) is 2.56. The minimum absolute atomic E-state index is 0.366. The summed E-state index contributed by atoms with van der Waals surface area (Å²) in [5, 5.41) is 2.98. The van der Waals surface area contributed by atoms with Crippen LogP contribution >= 0.6 is 0 Å². The summed E-state index contributed by atoms with van der Waals surface area (Å²) >= 11 is 0. The highest BCUT2D eigenvalue weighted by atomic mass is 19.4. The van der Waals surface area contributed by atoms with Crippen molar-refractivity contribution in [3.8, 4) is 11.6 Å². The van der Waals surface area contributed by atoms with Crippen LogP contribution in [0.4, 0.5) is 19.0 Å². The van der Waals surface area contributed by atoms with Gasteiger partial charge in [0.15, 0.2) is 0 Å². The summed E-state index contributed by atoms with van der Waals surface area (Å²) in [5.41, 5.74) is 0.821. The monoisotopic (exact) mass is 313 g/mol. The SMILES string of the molecule is CCOc1ncccc1CNc1ccc(OC(F)(F)F)cn1. The minimum Gasteiger partial charge on any atom is -0.478 e. The van der Waals surface area contributed by atoms with Crippen molar-refractivity contribution in [2.75, 3.05) is 11.9 Å². The average Bonchev–Trinajstić information content (AvgIpc) is 2.47. The van der Waals surface area contributed by atoms with Gasteiger partial charge in [-0.3, -0.25) is 0 Å². The van der Waals surface area contributed by atoms with Gasteiger partial charge in [-0.25, -0.2) is 9.97 Å². The Morgan fingerprint density at radius 3 is 2.64 bits per heavy atom. The molecule has 5 nitrogen and oxygen atoms in total. The van der Waals surface area contributed by atoms with Crippen molar-refractivity contribution in [3.05, 3.63) is 42.2 Å². The van der Waals surface area contributed by atoms with Gasteiger partial charge >= 0.3 is 6.36 Å². The Morgan fingerprint density at radius 1 is 1.18 bits per heavy atom. The maximum atomic E-state index is 12.0. The zero-order valence-corrected chi connectivity index (χ0v) is 11.7. The lowest BCUT2D eigenvalue weighted by Gasteiger charge is -2.11. The number of hydrogen-bond acceptors (Lipinski definition) is 5. The first-order valence-corrected chi connectivity index (χ1v) is 6.50. The highest BCUT2D eigenvalue weighted by molar-refractivity contribution is 5.39. The fourth-order valence-corrected chi connectivity index (χ4v) is 1.69. The maximum Gasteiger partial charge on any atom is 0.573 e. The number of nitrogens with zero attached hydrogens (tertiary/aromatic N) is 2. The molecule has 0 aliphatic heterocycles. The Balaban J connectivity index is 1.97. The summed E-state index contributed by atoms with van der Waals surface area (Å²) in [7, 11) is 0. The van der Waals surface area contributed by atoms with Crippen LogP contribution in [0.3, 0.4) is 0 Å². The van der Waals surface area contributed by atoms with E-state index in [0.29, 0.717) is 24.8 Å². The lowest BCUT2D eigenvalue weighted by atomic mass is 10.2. The van der Waals surface area contributed by atoms with Crippen LogP contribution < -0.4 is 14.8 Å². The molecule has 0 aliphatic carbocycles. The Bertz CT molecular complexity index is 603. The Labute approximate surface area is 125 Å². The molecule has 0 aliphatic rings. The van der Waals surface area contributed by atoms with Crippen molar-refractivity contribution >= 4 is 5.82 Å². The molecule has 0 aromatic carbocycles. The fourth-order valence-electron chi connectivity index (χ4n) is 1.69. The molecule has 8 heteroatoms. The van der Waals surface area contributed by atoms with Gasteiger partial charge in [0, 0.05) is 18.3 Å². The van der Waals surface area contributed by atoms with Crippen LogP contribution in [0.2, 0.25) is 0 Å². The van der Waals surface area contributed by atoms with E-state index < -0.39 is 6.36 Å². The lowest BCUT2D eigenvalue weighted by molar-refractivity contribution is -0.274. The number of hydrogen-bond donors (Lipinski definition) is 1. The molecule has 2 rings (SSSR count). The van der Waals surface area contributed by atoms with Crippen LogP contribution in [-0.4, -0.2) is 22.9 Å². The number of nitrogens with one attached hydrogen (secondary N) is 1. The molecule has 0 unspecified atom stereocenters. The van der Waals surface area contributed by atoms with Crippen LogP contribution in [0.1, 0.15) is 12.5 Å². The van der Waals surface area contributed by atoms with Crippen LogP contribution in [0.5, 0.6) is 11.6 Å². The van der Waals surface area contributed by atoms with Gasteiger partial charge in [-0.2, -0.15) is 0 Å². The van der Waals surface area contributed by atoms with Crippen molar-refractivity contribution in [2.45, 2.75) is 19.8 Å². The predicted octanol–water partition coefficient (Wildman–Crippen LogP) is 3.39. The molecular formula is C14H14F3N3O2. The number of pyridine rings is 2. The number of alkyl halides is 3. The molecule has 118 valence electrons. The molecule has 2 aromatic rings. The molecule has 0 radical (unpaired) electrons. The summed E-state index contributed by atoms with van der Waals surface area (Å²) in [6, 6.07) is 6.20. The topological polar surface area (TPSA) is 56.3 Å². The quantitative estimate of drug-likeness (QED) is 0.886. The van der Waals surface area contributed by atoms with E-state index in [4.69, 9.17) is 4.74 Å². The molecule has 1 N–H and O–H groups in total. The van der Waals surface area contributed by atoms with Crippen LogP contribution in [0.15, 0.2) is 36.7 Å². The van der Waals surface area contributed by atoms with Crippen LogP contribution in [-0.2, 0) is 6.54 Å². The number of ether oxygens (including phenoxy) is 2. The third-order valence-electron chi connectivity index (χ3n) is 2.56. The first-order valence-electron chi connectivity index (χ1n) is 6.50. The molecule has 0 saturated heterocycles. The normalized spacial score (nSPS) is 11.1. The molecule has 0 fully saturated rings. The van der Waals surface area contributed by atoms with E-state index in [2.05, 4.69) is 20.0 Å². The van der Waals surface area contributed by atoms with Crippen molar-refractivity contribution < 1.29 is 22.6 Å². The number of rotatable bonds is 6. The molecule has 2 aromatic heterocycles. The summed E-state index contributed by atoms with van der Waals surface area (Å²) in [5.74, 6) is 0.560. The van der Waals surface area contributed by atoms with Crippen LogP contribution in [0, 0.1) is 0 Å². The predicted molar refractivity (Wildman–Crippen MR) is 73.7 cm³/mol. The first-order chi connectivity index (χ1) is 10.5. The highest BCUT2D eigenvalue weighted by Crippen LogP contribution is 2.23. The van der Waals surface area contributed by atoms with E-state index in [0.717, 1.165) is 11.8 Å². The second-order valence-corrected chi connectivity index (χ2v) is 4.18. The highest BCUT2D eigenvalue weighted by Gasteiger charge is 2.31. The fraction of sp³-hybridized carbons (Fsp3) is 0.286. The number of aromatic nitrogens is 2. The second kappa shape index (κ2) is 6.97. The average molecular weight is 313 g/mol. The Kier molecular flexibility index (Phi) is 5.03. The Hall–Kier alpha value is -2.51. The van der Waals surface area contributed by atoms with Crippen molar-refractivity contribution in [1.29, 1.82) is 0 Å².